The summed E-state index contributed by atoms with van der Waals surface area (Å²) in [5.41, 5.74) is 2.73. The van der Waals surface area contributed by atoms with E-state index in [1.54, 1.807) is 6.07 Å². The number of hydrogen-bond donors (Lipinski definition) is 1. The zero-order chi connectivity index (χ0) is 23.5. The SMILES string of the molecule is Cc1cccc(NC(=O)CN(C)C(=O)c2cc(S(=O)(=O)N3CCCCC3)ccc2Cl)c1C. The van der Waals surface area contributed by atoms with Crippen LogP contribution in [0.4, 0.5) is 5.69 Å². The summed E-state index contributed by atoms with van der Waals surface area (Å²) in [6, 6.07) is 9.72. The number of anilines is 1. The second-order valence-electron chi connectivity index (χ2n) is 8.06. The van der Waals surface area contributed by atoms with E-state index in [4.69, 9.17) is 11.6 Å². The van der Waals surface area contributed by atoms with Crippen molar-refractivity contribution in [1.82, 2.24) is 9.21 Å². The zero-order valence-corrected chi connectivity index (χ0v) is 20.1. The molecule has 1 aliphatic rings. The van der Waals surface area contributed by atoms with Gasteiger partial charge in [-0.2, -0.15) is 4.31 Å². The predicted octanol–water partition coefficient (Wildman–Crippen LogP) is 3.84. The molecule has 0 radical (unpaired) electrons. The first kappa shape index (κ1) is 24.2. The Hall–Kier alpha value is -2.42. The number of likely N-dealkylation sites (N-methyl/N-ethyl adjacent to an activating group) is 1. The molecule has 0 unspecified atom stereocenters. The van der Waals surface area contributed by atoms with Gasteiger partial charge in [0.25, 0.3) is 5.91 Å². The number of benzene rings is 2. The van der Waals surface area contributed by atoms with Crippen molar-refractivity contribution >= 4 is 39.1 Å². The molecule has 2 aromatic rings. The molecule has 0 atom stereocenters. The fourth-order valence-corrected chi connectivity index (χ4v) is 5.39. The molecule has 9 heteroatoms. The van der Waals surface area contributed by atoms with Crippen molar-refractivity contribution in [3.63, 3.8) is 0 Å². The van der Waals surface area contributed by atoms with E-state index < -0.39 is 15.9 Å². The fraction of sp³-hybridized carbons (Fsp3) is 0.391. The molecule has 32 heavy (non-hydrogen) atoms. The summed E-state index contributed by atoms with van der Waals surface area (Å²) in [4.78, 5) is 26.7. The lowest BCUT2D eigenvalue weighted by Crippen LogP contribution is -2.36. The molecule has 0 spiro atoms. The van der Waals surface area contributed by atoms with Gasteiger partial charge in [0.1, 0.15) is 0 Å². The predicted molar refractivity (Wildman–Crippen MR) is 126 cm³/mol. The quantitative estimate of drug-likeness (QED) is 0.684. The van der Waals surface area contributed by atoms with Crippen molar-refractivity contribution in [3.8, 4) is 0 Å². The molecule has 1 aliphatic heterocycles. The molecule has 1 N–H and O–H groups in total. The van der Waals surface area contributed by atoms with Crippen LogP contribution in [0.1, 0.15) is 40.7 Å². The number of nitrogens with one attached hydrogen (secondary N) is 1. The minimum Gasteiger partial charge on any atom is -0.332 e. The maximum absolute atomic E-state index is 13.0. The lowest BCUT2D eigenvalue weighted by molar-refractivity contribution is -0.116. The van der Waals surface area contributed by atoms with E-state index >= 15 is 0 Å². The summed E-state index contributed by atoms with van der Waals surface area (Å²) in [5, 5.41) is 2.95. The molecule has 1 fully saturated rings. The van der Waals surface area contributed by atoms with Crippen LogP contribution >= 0.6 is 11.6 Å². The van der Waals surface area contributed by atoms with Crippen LogP contribution in [0.5, 0.6) is 0 Å². The largest absolute Gasteiger partial charge is 0.332 e. The van der Waals surface area contributed by atoms with Gasteiger partial charge < -0.3 is 10.2 Å². The molecular weight excluding hydrogens is 450 g/mol. The number of rotatable bonds is 6. The Morgan fingerprint density at radius 2 is 1.78 bits per heavy atom. The van der Waals surface area contributed by atoms with Gasteiger partial charge >= 0.3 is 0 Å². The molecule has 1 heterocycles. The number of hydrogen-bond acceptors (Lipinski definition) is 4. The Labute approximate surface area is 194 Å². The van der Waals surface area contributed by atoms with E-state index in [1.807, 2.05) is 26.0 Å². The van der Waals surface area contributed by atoms with Crippen molar-refractivity contribution in [2.75, 3.05) is 32.0 Å². The minimum atomic E-state index is -3.71. The second-order valence-corrected chi connectivity index (χ2v) is 10.4. The number of amides is 2. The third kappa shape index (κ3) is 5.31. The first-order valence-corrected chi connectivity index (χ1v) is 12.3. The number of piperidine rings is 1. The maximum Gasteiger partial charge on any atom is 0.255 e. The number of sulfonamides is 1. The molecule has 3 rings (SSSR count). The topological polar surface area (TPSA) is 86.8 Å². The van der Waals surface area contributed by atoms with Crippen LogP contribution < -0.4 is 5.32 Å². The normalized spacial score (nSPS) is 14.8. The summed E-state index contributed by atoms with van der Waals surface area (Å²) in [7, 11) is -2.23. The number of aryl methyl sites for hydroxylation is 1. The smallest absolute Gasteiger partial charge is 0.255 e. The van der Waals surface area contributed by atoms with Gasteiger partial charge in [-0.1, -0.05) is 30.2 Å². The van der Waals surface area contributed by atoms with Crippen LogP contribution in [0.3, 0.4) is 0 Å². The minimum absolute atomic E-state index is 0.0281. The van der Waals surface area contributed by atoms with Gasteiger partial charge in [0.05, 0.1) is 22.0 Å². The lowest BCUT2D eigenvalue weighted by Gasteiger charge is -2.26. The summed E-state index contributed by atoms with van der Waals surface area (Å²) in [5.74, 6) is -0.885. The molecule has 0 saturated carbocycles. The van der Waals surface area contributed by atoms with E-state index in [1.165, 1.54) is 34.5 Å². The molecule has 0 aliphatic carbocycles. The Bertz CT molecular complexity index is 1130. The van der Waals surface area contributed by atoms with E-state index in [0.29, 0.717) is 18.8 Å². The lowest BCUT2D eigenvalue weighted by atomic mass is 10.1. The molecule has 1 saturated heterocycles. The molecular formula is C23H28ClN3O4S. The van der Waals surface area contributed by atoms with Crippen LogP contribution in [0.25, 0.3) is 0 Å². The highest BCUT2D eigenvalue weighted by atomic mass is 35.5. The number of carbonyl (C=O) groups excluding carboxylic acids is 2. The number of carbonyl (C=O) groups is 2. The average Bonchev–Trinajstić information content (AvgIpc) is 2.77. The molecule has 172 valence electrons. The van der Waals surface area contributed by atoms with Crippen LogP contribution in [0.2, 0.25) is 5.02 Å². The van der Waals surface area contributed by atoms with Crippen LogP contribution in [-0.2, 0) is 14.8 Å². The van der Waals surface area contributed by atoms with Crippen molar-refractivity contribution in [1.29, 1.82) is 0 Å². The Kier molecular flexibility index (Phi) is 7.59. The van der Waals surface area contributed by atoms with E-state index in [0.717, 1.165) is 30.4 Å². The Morgan fingerprint density at radius 3 is 2.47 bits per heavy atom. The van der Waals surface area contributed by atoms with E-state index in [9.17, 15) is 18.0 Å². The Morgan fingerprint density at radius 1 is 1.09 bits per heavy atom. The highest BCUT2D eigenvalue weighted by Crippen LogP contribution is 2.26. The summed E-state index contributed by atoms with van der Waals surface area (Å²) in [6.45, 7) is 4.59. The van der Waals surface area contributed by atoms with Crippen LogP contribution in [-0.4, -0.2) is 56.1 Å². The van der Waals surface area contributed by atoms with Crippen molar-refractivity contribution < 1.29 is 18.0 Å². The summed E-state index contributed by atoms with van der Waals surface area (Å²) >= 11 is 6.22. The fourth-order valence-electron chi connectivity index (χ4n) is 3.65. The van der Waals surface area contributed by atoms with Gasteiger partial charge in [-0.25, -0.2) is 8.42 Å². The van der Waals surface area contributed by atoms with Gasteiger partial charge in [-0.15, -0.1) is 0 Å². The third-order valence-electron chi connectivity index (χ3n) is 5.73. The molecule has 0 aromatic heterocycles. The molecule has 7 nitrogen and oxygen atoms in total. The van der Waals surface area contributed by atoms with Crippen molar-refractivity contribution in [2.24, 2.45) is 0 Å². The van der Waals surface area contributed by atoms with Crippen LogP contribution in [0, 0.1) is 13.8 Å². The van der Waals surface area contributed by atoms with Gasteiger partial charge in [0.15, 0.2) is 0 Å². The van der Waals surface area contributed by atoms with E-state index in [-0.39, 0.29) is 27.9 Å². The highest BCUT2D eigenvalue weighted by Gasteiger charge is 2.28. The van der Waals surface area contributed by atoms with Gasteiger partial charge in [-0.3, -0.25) is 9.59 Å². The molecule has 0 bridgehead atoms. The van der Waals surface area contributed by atoms with Crippen molar-refractivity contribution in [3.05, 3.63) is 58.1 Å². The summed E-state index contributed by atoms with van der Waals surface area (Å²) < 4.78 is 27.4. The summed E-state index contributed by atoms with van der Waals surface area (Å²) in [6.07, 6.45) is 2.64. The second kappa shape index (κ2) is 10.0. The maximum atomic E-state index is 13.0. The van der Waals surface area contributed by atoms with Gasteiger partial charge in [0, 0.05) is 25.8 Å². The van der Waals surface area contributed by atoms with E-state index in [2.05, 4.69) is 5.32 Å². The molecule has 2 amide bonds. The zero-order valence-electron chi connectivity index (χ0n) is 18.5. The molecule has 2 aromatic carbocycles. The van der Waals surface area contributed by atoms with Gasteiger partial charge in [0.2, 0.25) is 15.9 Å². The van der Waals surface area contributed by atoms with Crippen molar-refractivity contribution in [2.45, 2.75) is 38.0 Å². The monoisotopic (exact) mass is 477 g/mol. The standard InChI is InChI=1S/C23H28ClN3O4S/c1-16-8-7-9-21(17(16)2)25-22(28)15-26(3)23(29)19-14-18(10-11-20(19)24)32(30,31)27-12-5-4-6-13-27/h7-11,14H,4-6,12-13,15H2,1-3H3,(H,25,28). The van der Waals surface area contributed by atoms with Gasteiger partial charge in [-0.05, 0) is 62.1 Å². The van der Waals surface area contributed by atoms with Crippen LogP contribution in [0.15, 0.2) is 41.3 Å². The first-order chi connectivity index (χ1) is 15.1. The number of halogens is 1. The Balaban J connectivity index is 1.75. The highest BCUT2D eigenvalue weighted by molar-refractivity contribution is 7.89. The third-order valence-corrected chi connectivity index (χ3v) is 7.95. The average molecular weight is 478 g/mol. The number of nitrogens with zero attached hydrogens (tertiary/aromatic N) is 2. The first-order valence-electron chi connectivity index (χ1n) is 10.5.